The Morgan fingerprint density at radius 1 is 1.12 bits per heavy atom. The molecule has 0 unspecified atom stereocenters. The lowest BCUT2D eigenvalue weighted by atomic mass is 10.1. The molecule has 2 aromatic carbocycles. The number of likely N-dealkylation sites (tertiary alicyclic amines) is 1. The maximum absolute atomic E-state index is 13.7. The maximum Gasteiger partial charge on any atom is 0.261 e. The Morgan fingerprint density at radius 2 is 1.77 bits per heavy atom. The van der Waals surface area contributed by atoms with Crippen LogP contribution in [0.3, 0.4) is 0 Å². The van der Waals surface area contributed by atoms with E-state index in [1.807, 2.05) is 0 Å². The van der Waals surface area contributed by atoms with Crippen LogP contribution in [0.1, 0.15) is 23.2 Å². The number of nitrogens with zero attached hydrogens (tertiary/aromatic N) is 1. The smallest absolute Gasteiger partial charge is 0.261 e. The Morgan fingerprint density at radius 3 is 2.42 bits per heavy atom. The molecule has 0 saturated carbocycles. The van der Waals surface area contributed by atoms with E-state index in [0.717, 1.165) is 25.9 Å². The second kappa shape index (κ2) is 7.78. The number of benzene rings is 2. The number of hydrogen-bond acceptors (Lipinski definition) is 3. The van der Waals surface area contributed by atoms with E-state index in [4.69, 9.17) is 4.74 Å². The maximum atomic E-state index is 13.7. The van der Waals surface area contributed by atoms with Gasteiger partial charge in [-0.15, -0.1) is 0 Å². The Labute approximate surface area is 149 Å². The van der Waals surface area contributed by atoms with Crippen LogP contribution in [0.4, 0.5) is 18.9 Å². The molecule has 26 heavy (non-hydrogen) atoms. The summed E-state index contributed by atoms with van der Waals surface area (Å²) in [4.78, 5) is 14.4. The van der Waals surface area contributed by atoms with E-state index < -0.39 is 28.9 Å². The summed E-state index contributed by atoms with van der Waals surface area (Å²) < 4.78 is 46.3. The Balaban J connectivity index is 1.70. The van der Waals surface area contributed by atoms with Crippen molar-refractivity contribution in [3.63, 3.8) is 0 Å². The molecule has 3 rings (SSSR count). The molecule has 1 amide bonds. The van der Waals surface area contributed by atoms with Crippen molar-refractivity contribution in [3.05, 3.63) is 59.4 Å². The topological polar surface area (TPSA) is 41.6 Å². The number of piperidine rings is 1. The van der Waals surface area contributed by atoms with Gasteiger partial charge in [0.25, 0.3) is 5.91 Å². The highest BCUT2D eigenvalue weighted by molar-refractivity contribution is 6.04. The van der Waals surface area contributed by atoms with Crippen LogP contribution in [0.25, 0.3) is 0 Å². The highest BCUT2D eigenvalue weighted by Crippen LogP contribution is 2.23. The molecular formula is C19H19F3N2O2. The molecule has 4 nitrogen and oxygen atoms in total. The second-order valence-corrected chi connectivity index (χ2v) is 6.35. The molecule has 1 saturated heterocycles. The molecule has 1 aliphatic rings. The highest BCUT2D eigenvalue weighted by atomic mass is 19.1. The first-order valence-electron chi connectivity index (χ1n) is 8.33. The van der Waals surface area contributed by atoms with E-state index in [9.17, 15) is 18.0 Å². The number of carbonyl (C=O) groups is 1. The van der Waals surface area contributed by atoms with Crippen molar-refractivity contribution in [1.82, 2.24) is 4.90 Å². The SMILES string of the molecule is CN1CCC(Oc2cccc(NC(=O)c3c(F)cc(F)cc3F)c2)CC1. The van der Waals surface area contributed by atoms with Gasteiger partial charge in [0.05, 0.1) is 0 Å². The number of rotatable bonds is 4. The van der Waals surface area contributed by atoms with Crippen LogP contribution in [0.5, 0.6) is 5.75 Å². The first-order valence-corrected chi connectivity index (χ1v) is 8.33. The number of halogens is 3. The van der Waals surface area contributed by atoms with Gasteiger partial charge in [-0.1, -0.05) is 6.07 Å². The molecule has 2 aromatic rings. The lowest BCUT2D eigenvalue weighted by Crippen LogP contribution is -2.35. The minimum atomic E-state index is -1.25. The number of anilines is 1. The first-order chi connectivity index (χ1) is 12.4. The van der Waals surface area contributed by atoms with E-state index in [2.05, 4.69) is 17.3 Å². The number of hydrogen-bond donors (Lipinski definition) is 1. The minimum Gasteiger partial charge on any atom is -0.490 e. The van der Waals surface area contributed by atoms with Crippen LogP contribution in [0.15, 0.2) is 36.4 Å². The van der Waals surface area contributed by atoms with E-state index in [1.54, 1.807) is 24.3 Å². The second-order valence-electron chi connectivity index (χ2n) is 6.35. The molecule has 0 bridgehead atoms. The van der Waals surface area contributed by atoms with Crippen molar-refractivity contribution < 1.29 is 22.7 Å². The molecule has 0 radical (unpaired) electrons. The summed E-state index contributed by atoms with van der Waals surface area (Å²) in [5.41, 5.74) is -0.489. The average Bonchev–Trinajstić information content (AvgIpc) is 2.56. The Hall–Kier alpha value is -2.54. The van der Waals surface area contributed by atoms with Crippen molar-refractivity contribution in [3.8, 4) is 5.75 Å². The van der Waals surface area contributed by atoms with Crippen molar-refractivity contribution in [1.29, 1.82) is 0 Å². The van der Waals surface area contributed by atoms with Gasteiger partial charge >= 0.3 is 0 Å². The lowest BCUT2D eigenvalue weighted by Gasteiger charge is -2.29. The van der Waals surface area contributed by atoms with Gasteiger partial charge in [-0.05, 0) is 32.0 Å². The van der Waals surface area contributed by atoms with Crippen LogP contribution in [-0.4, -0.2) is 37.0 Å². The van der Waals surface area contributed by atoms with Gasteiger partial charge in [-0.3, -0.25) is 4.79 Å². The fraction of sp³-hybridized carbons (Fsp3) is 0.316. The van der Waals surface area contributed by atoms with Crippen molar-refractivity contribution >= 4 is 11.6 Å². The molecule has 0 aliphatic carbocycles. The summed E-state index contributed by atoms with van der Waals surface area (Å²) in [6, 6.07) is 7.55. The summed E-state index contributed by atoms with van der Waals surface area (Å²) in [6.07, 6.45) is 1.89. The highest BCUT2D eigenvalue weighted by Gasteiger charge is 2.20. The van der Waals surface area contributed by atoms with Crippen LogP contribution < -0.4 is 10.1 Å². The standard InChI is InChI=1S/C19H19F3N2O2/c1-24-7-5-14(6-8-24)26-15-4-2-3-13(11-15)23-19(25)18-16(21)9-12(20)10-17(18)22/h2-4,9-11,14H,5-8H2,1H3,(H,23,25). The number of nitrogens with one attached hydrogen (secondary N) is 1. The predicted octanol–water partition coefficient (Wildman–Crippen LogP) is 3.83. The third-order valence-corrected chi connectivity index (χ3v) is 4.29. The molecule has 1 heterocycles. The minimum absolute atomic E-state index is 0.0872. The van der Waals surface area contributed by atoms with Crippen LogP contribution in [0.2, 0.25) is 0 Å². The molecule has 0 atom stereocenters. The van der Waals surface area contributed by atoms with Crippen molar-refractivity contribution in [2.24, 2.45) is 0 Å². The van der Waals surface area contributed by atoms with Crippen molar-refractivity contribution in [2.45, 2.75) is 18.9 Å². The van der Waals surface area contributed by atoms with E-state index in [0.29, 0.717) is 23.6 Å². The van der Waals surface area contributed by atoms with E-state index in [1.165, 1.54) is 0 Å². The van der Waals surface area contributed by atoms with Crippen molar-refractivity contribution in [2.75, 3.05) is 25.5 Å². The molecule has 0 aromatic heterocycles. The summed E-state index contributed by atoms with van der Waals surface area (Å²) in [7, 11) is 2.06. The van der Waals surface area contributed by atoms with E-state index >= 15 is 0 Å². The normalized spacial score (nSPS) is 15.7. The fourth-order valence-corrected chi connectivity index (χ4v) is 2.90. The van der Waals surface area contributed by atoms with Crippen LogP contribution >= 0.6 is 0 Å². The molecule has 0 spiro atoms. The van der Waals surface area contributed by atoms with Gasteiger partial charge in [0.15, 0.2) is 0 Å². The zero-order chi connectivity index (χ0) is 18.7. The molecule has 7 heteroatoms. The number of ether oxygens (including phenoxy) is 1. The van der Waals surface area contributed by atoms with Crippen LogP contribution in [0, 0.1) is 17.5 Å². The number of carbonyl (C=O) groups excluding carboxylic acids is 1. The molecule has 1 N–H and O–H groups in total. The summed E-state index contributed by atoms with van der Waals surface area (Å²) in [5, 5.41) is 2.41. The van der Waals surface area contributed by atoms with Gasteiger partial charge in [0.2, 0.25) is 0 Å². The van der Waals surface area contributed by atoms with Gasteiger partial charge in [-0.25, -0.2) is 13.2 Å². The summed E-state index contributed by atoms with van der Waals surface area (Å²) >= 11 is 0. The lowest BCUT2D eigenvalue weighted by molar-refractivity contribution is 0.101. The largest absolute Gasteiger partial charge is 0.490 e. The van der Waals surface area contributed by atoms with E-state index in [-0.39, 0.29) is 6.10 Å². The molecule has 138 valence electrons. The van der Waals surface area contributed by atoms with Gasteiger partial charge in [0, 0.05) is 37.0 Å². The monoisotopic (exact) mass is 364 g/mol. The third-order valence-electron chi connectivity index (χ3n) is 4.29. The Kier molecular flexibility index (Phi) is 5.46. The average molecular weight is 364 g/mol. The fourth-order valence-electron chi connectivity index (χ4n) is 2.90. The zero-order valence-electron chi connectivity index (χ0n) is 14.3. The number of amides is 1. The van der Waals surface area contributed by atoms with Crippen LogP contribution in [-0.2, 0) is 0 Å². The van der Waals surface area contributed by atoms with Gasteiger partial charge < -0.3 is 15.0 Å². The van der Waals surface area contributed by atoms with Gasteiger partial charge in [0.1, 0.15) is 34.9 Å². The van der Waals surface area contributed by atoms with Gasteiger partial charge in [-0.2, -0.15) is 0 Å². The quantitative estimate of drug-likeness (QED) is 0.897. The molecule has 1 aliphatic heterocycles. The summed E-state index contributed by atoms with van der Waals surface area (Å²) in [6.45, 7) is 1.90. The molecule has 1 fully saturated rings. The third kappa shape index (κ3) is 4.35. The first kappa shape index (κ1) is 18.3. The zero-order valence-corrected chi connectivity index (χ0v) is 14.3. The summed E-state index contributed by atoms with van der Waals surface area (Å²) in [5.74, 6) is -4.00. The molecular weight excluding hydrogens is 345 g/mol. The Bertz CT molecular complexity index is 782. The predicted molar refractivity (Wildman–Crippen MR) is 91.9 cm³/mol.